The van der Waals surface area contributed by atoms with Crippen LogP contribution in [0.5, 0.6) is 0 Å². The Morgan fingerprint density at radius 2 is 1.68 bits per heavy atom. The van der Waals surface area contributed by atoms with Gasteiger partial charge in [-0.15, -0.1) is 0 Å². The Hall–Kier alpha value is -3.33. The number of furan rings is 1. The molecule has 180 valence electrons. The third kappa shape index (κ3) is 5.41. The lowest BCUT2D eigenvalue weighted by Crippen LogP contribution is -2.26. The number of anilines is 1. The van der Waals surface area contributed by atoms with Gasteiger partial charge in [-0.2, -0.15) is 0 Å². The molecule has 0 spiro atoms. The first-order chi connectivity index (χ1) is 16.3. The van der Waals surface area contributed by atoms with Crippen molar-refractivity contribution in [2.75, 3.05) is 18.5 Å². The van der Waals surface area contributed by atoms with E-state index >= 15 is 0 Å². The minimum absolute atomic E-state index is 0.0527. The molecule has 34 heavy (non-hydrogen) atoms. The Morgan fingerprint density at radius 3 is 2.32 bits per heavy atom. The number of thioether (sulfide) groups is 1. The van der Waals surface area contributed by atoms with E-state index in [1.807, 2.05) is 44.2 Å². The molecule has 0 aliphatic rings. The summed E-state index contributed by atoms with van der Waals surface area (Å²) in [6.45, 7) is 8.94. The number of carbonyl (C=O) groups excluding carboxylic acids is 3. The lowest BCUT2D eigenvalue weighted by atomic mass is 10.1. The van der Waals surface area contributed by atoms with E-state index in [1.54, 1.807) is 13.8 Å². The Bertz CT molecular complexity index is 1220. The fourth-order valence-electron chi connectivity index (χ4n) is 3.52. The Morgan fingerprint density at radius 1 is 1.03 bits per heavy atom. The van der Waals surface area contributed by atoms with Crippen molar-refractivity contribution in [2.24, 2.45) is 0 Å². The number of amides is 1. The van der Waals surface area contributed by atoms with Gasteiger partial charge in [0.05, 0.1) is 29.0 Å². The molecular formula is C25H28N2O6S. The number of nitrogens with zero attached hydrogens (tertiary/aromatic N) is 1. The van der Waals surface area contributed by atoms with Crippen molar-refractivity contribution in [3.8, 4) is 0 Å². The van der Waals surface area contributed by atoms with E-state index in [2.05, 4.69) is 10.3 Å². The maximum Gasteiger partial charge on any atom is 0.344 e. The average molecular weight is 485 g/mol. The number of nitrogens with one attached hydrogen (secondary N) is 1. The first kappa shape index (κ1) is 25.3. The molecule has 0 aliphatic carbocycles. The van der Waals surface area contributed by atoms with E-state index in [9.17, 15) is 14.4 Å². The van der Waals surface area contributed by atoms with Crippen LogP contribution in [0.3, 0.4) is 0 Å². The highest BCUT2D eigenvalue weighted by Gasteiger charge is 2.32. The standard InChI is InChI=1S/C25H28N2O6S/c1-6-18(34-19-13-14(4)16-11-9-10-12-17(16)26-19)22(28)27-23-21(25(30)32-8-3)20(15(5)33-23)24(29)31-7-2/h9-13,18H,6-8H2,1-5H3,(H,27,28). The van der Waals surface area contributed by atoms with E-state index in [0.29, 0.717) is 11.4 Å². The number of pyridine rings is 1. The molecule has 9 heteroatoms. The van der Waals surface area contributed by atoms with Crippen LogP contribution in [0.4, 0.5) is 5.88 Å². The van der Waals surface area contributed by atoms with Gasteiger partial charge in [0.25, 0.3) is 0 Å². The predicted molar refractivity (Wildman–Crippen MR) is 130 cm³/mol. The molecule has 1 N–H and O–H groups in total. The Balaban J connectivity index is 1.89. The van der Waals surface area contributed by atoms with Crippen molar-refractivity contribution in [1.82, 2.24) is 4.98 Å². The van der Waals surface area contributed by atoms with E-state index in [0.717, 1.165) is 16.5 Å². The molecule has 0 bridgehead atoms. The van der Waals surface area contributed by atoms with Crippen LogP contribution in [-0.4, -0.2) is 41.3 Å². The van der Waals surface area contributed by atoms with Gasteiger partial charge < -0.3 is 13.9 Å². The van der Waals surface area contributed by atoms with E-state index in [4.69, 9.17) is 13.9 Å². The highest BCUT2D eigenvalue weighted by atomic mass is 32.2. The molecule has 1 amide bonds. The maximum absolute atomic E-state index is 13.2. The molecule has 1 aromatic carbocycles. The van der Waals surface area contributed by atoms with Crippen molar-refractivity contribution < 1.29 is 28.3 Å². The van der Waals surface area contributed by atoms with Gasteiger partial charge in [0, 0.05) is 5.39 Å². The van der Waals surface area contributed by atoms with Crippen LogP contribution in [0.15, 0.2) is 39.8 Å². The second-order valence-electron chi connectivity index (χ2n) is 7.48. The number of hydrogen-bond acceptors (Lipinski definition) is 8. The topological polar surface area (TPSA) is 108 Å². The van der Waals surface area contributed by atoms with E-state index in [-0.39, 0.29) is 41.9 Å². The normalized spacial score (nSPS) is 11.8. The molecule has 3 aromatic rings. The number of benzene rings is 1. The lowest BCUT2D eigenvalue weighted by molar-refractivity contribution is -0.115. The number of carbonyl (C=O) groups is 3. The van der Waals surface area contributed by atoms with Gasteiger partial charge in [-0.25, -0.2) is 14.6 Å². The smallest absolute Gasteiger partial charge is 0.344 e. The number of para-hydroxylation sites is 1. The maximum atomic E-state index is 13.2. The number of ether oxygens (including phenoxy) is 2. The lowest BCUT2D eigenvalue weighted by Gasteiger charge is -2.15. The molecule has 0 aliphatic heterocycles. The van der Waals surface area contributed by atoms with Crippen LogP contribution in [0.1, 0.15) is 59.2 Å². The van der Waals surface area contributed by atoms with Crippen molar-refractivity contribution >= 4 is 46.4 Å². The summed E-state index contributed by atoms with van der Waals surface area (Å²) in [4.78, 5) is 42.9. The first-order valence-electron chi connectivity index (χ1n) is 11.1. The van der Waals surface area contributed by atoms with Gasteiger partial charge >= 0.3 is 11.9 Å². The van der Waals surface area contributed by atoms with Crippen LogP contribution in [0.2, 0.25) is 0 Å². The minimum atomic E-state index is -0.773. The number of esters is 2. The third-order valence-electron chi connectivity index (χ3n) is 5.11. The SMILES string of the molecule is CCOC(=O)c1c(C)oc(NC(=O)C(CC)Sc2cc(C)c3ccccc3n2)c1C(=O)OCC. The molecule has 3 rings (SSSR count). The number of aryl methyl sites for hydroxylation is 2. The van der Waals surface area contributed by atoms with Crippen molar-refractivity contribution in [2.45, 2.75) is 51.3 Å². The van der Waals surface area contributed by atoms with Crippen LogP contribution in [0.25, 0.3) is 10.9 Å². The quantitative estimate of drug-likeness (QED) is 0.322. The van der Waals surface area contributed by atoms with Gasteiger partial charge in [0.15, 0.2) is 0 Å². The summed E-state index contributed by atoms with van der Waals surface area (Å²) in [5.41, 5.74) is 1.72. The molecule has 0 radical (unpaired) electrons. The van der Waals surface area contributed by atoms with E-state index in [1.165, 1.54) is 18.7 Å². The zero-order valence-electron chi connectivity index (χ0n) is 19.9. The minimum Gasteiger partial charge on any atom is -0.462 e. The number of rotatable bonds is 9. The highest BCUT2D eigenvalue weighted by molar-refractivity contribution is 8.00. The zero-order valence-corrected chi connectivity index (χ0v) is 20.7. The molecule has 0 saturated carbocycles. The molecule has 8 nitrogen and oxygen atoms in total. The summed E-state index contributed by atoms with van der Waals surface area (Å²) < 4.78 is 15.8. The molecule has 2 aromatic heterocycles. The number of aromatic nitrogens is 1. The summed E-state index contributed by atoms with van der Waals surface area (Å²) in [5.74, 6) is -1.85. The van der Waals surface area contributed by atoms with Gasteiger partial charge in [-0.1, -0.05) is 36.9 Å². The number of hydrogen-bond donors (Lipinski definition) is 1. The molecular weight excluding hydrogens is 456 g/mol. The summed E-state index contributed by atoms with van der Waals surface area (Å²) in [5, 5.41) is 3.92. The number of fused-ring (bicyclic) bond motifs is 1. The Labute approximate surface area is 202 Å². The molecule has 0 saturated heterocycles. The second kappa shape index (κ2) is 11.2. The zero-order chi connectivity index (χ0) is 24.8. The Kier molecular flexibility index (Phi) is 8.33. The summed E-state index contributed by atoms with van der Waals surface area (Å²) in [6, 6.07) is 9.77. The van der Waals surface area contributed by atoms with Crippen molar-refractivity contribution in [3.63, 3.8) is 0 Å². The van der Waals surface area contributed by atoms with Crippen molar-refractivity contribution in [1.29, 1.82) is 0 Å². The fourth-order valence-corrected chi connectivity index (χ4v) is 4.54. The first-order valence-corrected chi connectivity index (χ1v) is 12.0. The molecule has 2 heterocycles. The second-order valence-corrected chi connectivity index (χ2v) is 8.70. The third-order valence-corrected chi connectivity index (χ3v) is 6.39. The van der Waals surface area contributed by atoms with Crippen LogP contribution >= 0.6 is 11.8 Å². The summed E-state index contributed by atoms with van der Waals surface area (Å²) >= 11 is 1.32. The highest BCUT2D eigenvalue weighted by Crippen LogP contribution is 2.32. The molecule has 1 atom stereocenters. The molecule has 1 unspecified atom stereocenters. The largest absolute Gasteiger partial charge is 0.462 e. The van der Waals surface area contributed by atoms with Gasteiger partial charge in [-0.3, -0.25) is 10.1 Å². The van der Waals surface area contributed by atoms with Gasteiger partial charge in [0.2, 0.25) is 11.8 Å². The van der Waals surface area contributed by atoms with Crippen LogP contribution < -0.4 is 5.32 Å². The van der Waals surface area contributed by atoms with E-state index < -0.39 is 17.2 Å². The fraction of sp³-hybridized carbons (Fsp3) is 0.360. The monoisotopic (exact) mass is 484 g/mol. The molecule has 0 fully saturated rings. The van der Waals surface area contributed by atoms with Crippen molar-refractivity contribution in [3.05, 3.63) is 52.8 Å². The van der Waals surface area contributed by atoms with Gasteiger partial charge in [0.1, 0.15) is 16.9 Å². The van der Waals surface area contributed by atoms with Crippen LogP contribution in [0, 0.1) is 13.8 Å². The summed E-state index contributed by atoms with van der Waals surface area (Å²) in [7, 11) is 0. The summed E-state index contributed by atoms with van der Waals surface area (Å²) in [6.07, 6.45) is 0.503. The van der Waals surface area contributed by atoms with Crippen LogP contribution in [-0.2, 0) is 14.3 Å². The average Bonchev–Trinajstić information content (AvgIpc) is 3.13. The van der Waals surface area contributed by atoms with Gasteiger partial charge in [-0.05, 0) is 51.8 Å². The predicted octanol–water partition coefficient (Wildman–Crippen LogP) is 5.31.